The van der Waals surface area contributed by atoms with E-state index in [-0.39, 0.29) is 0 Å². The number of halogens is 4. The molecule has 0 aliphatic rings. The molecule has 2 aromatic rings. The molecular weight excluding hydrogens is 343 g/mol. The first kappa shape index (κ1) is 15.4. The van der Waals surface area contributed by atoms with Crippen molar-refractivity contribution in [2.75, 3.05) is 0 Å². The molecule has 0 bridgehead atoms. The van der Waals surface area contributed by atoms with Crippen LogP contribution >= 0.6 is 48.5 Å². The predicted molar refractivity (Wildman–Crippen MR) is 87.9 cm³/mol. The standard InChI is InChI=1S/C13H14Cl4NP/c1-11-8-12(2)10-18(9-11)19(14,15,16,17)13-6-4-3-5-7-13/h3-10H,1-2H3. The van der Waals surface area contributed by atoms with Gasteiger partial charge in [-0.2, -0.15) is 0 Å². The molecule has 6 heteroatoms. The molecule has 19 heavy (non-hydrogen) atoms. The minimum absolute atomic E-state index is 0.495. The van der Waals surface area contributed by atoms with E-state index in [1.54, 1.807) is 36.7 Å². The zero-order valence-corrected chi connectivity index (χ0v) is 14.4. The second-order valence-electron chi connectivity index (χ2n) is 4.73. The Morgan fingerprint density at radius 1 is 0.842 bits per heavy atom. The summed E-state index contributed by atoms with van der Waals surface area (Å²) in [5.74, 6) is 0. The van der Waals surface area contributed by atoms with Crippen LogP contribution in [0, 0.1) is 13.8 Å². The summed E-state index contributed by atoms with van der Waals surface area (Å²) in [4.78, 5) is 0. The summed E-state index contributed by atoms with van der Waals surface area (Å²) in [6.45, 7) is 3.87. The molecule has 0 unspecified atom stereocenters. The maximum absolute atomic E-state index is 6.64. The summed E-state index contributed by atoms with van der Waals surface area (Å²) in [5, 5.41) is 0.495. The summed E-state index contributed by atoms with van der Waals surface area (Å²) in [7, 11) is 0. The monoisotopic (exact) mass is 355 g/mol. The van der Waals surface area contributed by atoms with Gasteiger partial charge in [-0.05, 0) is 0 Å². The van der Waals surface area contributed by atoms with Crippen LogP contribution in [0.25, 0.3) is 0 Å². The Balaban J connectivity index is 2.81. The van der Waals surface area contributed by atoms with Gasteiger partial charge < -0.3 is 0 Å². The molecule has 0 aliphatic carbocycles. The van der Waals surface area contributed by atoms with E-state index in [1.807, 2.05) is 26.0 Å². The number of nitrogens with zero attached hydrogens (tertiary/aromatic N) is 1. The Hall–Kier alpha value is -0.0400. The van der Waals surface area contributed by atoms with Gasteiger partial charge in [0.1, 0.15) is 0 Å². The average Bonchev–Trinajstić information content (AvgIpc) is 2.28. The van der Waals surface area contributed by atoms with Crippen molar-refractivity contribution in [1.82, 2.24) is 0 Å². The van der Waals surface area contributed by atoms with Gasteiger partial charge in [-0.15, -0.1) is 0 Å². The van der Waals surface area contributed by atoms with Crippen molar-refractivity contribution < 1.29 is 4.34 Å². The molecule has 0 aliphatic heterocycles. The summed E-state index contributed by atoms with van der Waals surface area (Å²) in [6.07, 6.45) is 3.52. The Morgan fingerprint density at radius 2 is 1.32 bits per heavy atom. The van der Waals surface area contributed by atoms with Gasteiger partial charge >= 0.3 is 132 Å². The van der Waals surface area contributed by atoms with Gasteiger partial charge in [-0.25, -0.2) is 0 Å². The Kier molecular flexibility index (Phi) is 3.42. The minimum atomic E-state index is -4.89. The summed E-state index contributed by atoms with van der Waals surface area (Å²) in [5.41, 5.74) is 1.96. The number of aryl methyl sites for hydroxylation is 2. The Labute approximate surface area is 131 Å². The first-order valence-electron chi connectivity index (χ1n) is 5.68. The third-order valence-electron chi connectivity index (χ3n) is 2.85. The molecule has 1 aromatic heterocycles. The zero-order valence-electron chi connectivity index (χ0n) is 10.5. The molecule has 0 radical (unpaired) electrons. The number of rotatable bonds is 2. The summed E-state index contributed by atoms with van der Waals surface area (Å²) >= 11 is 26.6. The fraction of sp³-hybridized carbons (Fsp3) is 0.154. The third kappa shape index (κ3) is 2.86. The molecule has 104 valence electrons. The molecule has 0 atom stereocenters. The Bertz CT molecular complexity index is 613. The molecule has 0 saturated heterocycles. The second kappa shape index (κ2) is 4.23. The quantitative estimate of drug-likeness (QED) is 0.635. The summed E-state index contributed by atoms with van der Waals surface area (Å²) in [6, 6.07) is 10.9. The van der Waals surface area contributed by atoms with Crippen LogP contribution in [-0.4, -0.2) is 0 Å². The molecule has 2 rings (SSSR count). The fourth-order valence-corrected chi connectivity index (χ4v) is 6.23. The van der Waals surface area contributed by atoms with Gasteiger partial charge in [0.15, 0.2) is 0 Å². The molecule has 0 fully saturated rings. The molecule has 1 aromatic carbocycles. The van der Waals surface area contributed by atoms with Crippen molar-refractivity contribution in [3.8, 4) is 0 Å². The van der Waals surface area contributed by atoms with Gasteiger partial charge in [0.2, 0.25) is 0 Å². The topological polar surface area (TPSA) is 3.88 Å². The average molecular weight is 357 g/mol. The predicted octanol–water partition coefficient (Wildman–Crippen LogP) is 5.38. The molecule has 0 amide bonds. The first-order chi connectivity index (χ1) is 8.53. The third-order valence-corrected chi connectivity index (χ3v) is 9.76. The fourth-order valence-electron chi connectivity index (χ4n) is 1.97. The van der Waals surface area contributed by atoms with Crippen LogP contribution < -0.4 is 9.64 Å². The van der Waals surface area contributed by atoms with Gasteiger partial charge in [0.25, 0.3) is 0 Å². The molecule has 0 N–H and O–H groups in total. The number of aromatic nitrogens is 1. The maximum atomic E-state index is 6.64. The van der Waals surface area contributed by atoms with Crippen LogP contribution in [0.5, 0.6) is 0 Å². The van der Waals surface area contributed by atoms with Crippen molar-refractivity contribution in [3.05, 3.63) is 59.9 Å². The normalized spacial score (nSPS) is 15.7. The van der Waals surface area contributed by atoms with E-state index in [2.05, 4.69) is 0 Å². The SMILES string of the molecule is Cc1cc(C)c[n+]([P-](Cl)(Cl)(Cl)(Cl)c2ccccc2)c1. The molecule has 1 heterocycles. The van der Waals surface area contributed by atoms with E-state index < -0.39 is 3.51 Å². The van der Waals surface area contributed by atoms with Crippen molar-refractivity contribution in [2.24, 2.45) is 0 Å². The molecule has 1 nitrogen and oxygen atoms in total. The first-order valence-corrected chi connectivity index (χ1v) is 11.9. The van der Waals surface area contributed by atoms with Crippen molar-refractivity contribution >= 4 is 53.8 Å². The molecule has 0 spiro atoms. The number of pyridine rings is 1. The number of benzene rings is 1. The number of hydrogen-bond acceptors (Lipinski definition) is 0. The van der Waals surface area contributed by atoms with Gasteiger partial charge in [0.05, 0.1) is 0 Å². The zero-order chi connectivity index (χ0) is 14.4. The van der Waals surface area contributed by atoms with Crippen LogP contribution in [-0.2, 0) is 0 Å². The van der Waals surface area contributed by atoms with E-state index >= 15 is 0 Å². The number of hydrogen-bond donors (Lipinski definition) is 0. The van der Waals surface area contributed by atoms with Crippen molar-refractivity contribution in [1.29, 1.82) is 0 Å². The van der Waals surface area contributed by atoms with Crippen molar-refractivity contribution in [2.45, 2.75) is 13.8 Å². The molecule has 0 saturated carbocycles. The van der Waals surface area contributed by atoms with E-state index in [0.717, 1.165) is 11.1 Å². The van der Waals surface area contributed by atoms with Gasteiger partial charge in [0, 0.05) is 0 Å². The van der Waals surface area contributed by atoms with E-state index in [0.29, 0.717) is 5.30 Å². The van der Waals surface area contributed by atoms with Gasteiger partial charge in [-0.1, -0.05) is 0 Å². The van der Waals surface area contributed by atoms with E-state index in [1.165, 1.54) is 4.34 Å². The van der Waals surface area contributed by atoms with Crippen LogP contribution in [0.1, 0.15) is 11.1 Å². The second-order valence-corrected chi connectivity index (χ2v) is 21.0. The summed E-state index contributed by atoms with van der Waals surface area (Å²) < 4.78 is -3.35. The van der Waals surface area contributed by atoms with E-state index in [4.69, 9.17) is 45.0 Å². The van der Waals surface area contributed by atoms with Crippen LogP contribution in [0.3, 0.4) is 0 Å². The van der Waals surface area contributed by atoms with Crippen LogP contribution in [0.2, 0.25) is 0 Å². The van der Waals surface area contributed by atoms with Crippen LogP contribution in [0.15, 0.2) is 48.8 Å². The van der Waals surface area contributed by atoms with Gasteiger partial charge in [-0.3, -0.25) is 0 Å². The van der Waals surface area contributed by atoms with Crippen molar-refractivity contribution in [3.63, 3.8) is 0 Å². The Morgan fingerprint density at radius 3 is 1.79 bits per heavy atom. The molecular formula is C13H14Cl4NP. The van der Waals surface area contributed by atoms with Crippen LogP contribution in [0.4, 0.5) is 0 Å². The van der Waals surface area contributed by atoms with E-state index in [9.17, 15) is 0 Å².